The van der Waals surface area contributed by atoms with Crippen LogP contribution in [0.15, 0.2) is 12.3 Å². The lowest BCUT2D eigenvalue weighted by Crippen LogP contribution is -2.04. The summed E-state index contributed by atoms with van der Waals surface area (Å²) in [5.74, 6) is 4.75. The van der Waals surface area contributed by atoms with Crippen molar-refractivity contribution in [3.8, 4) is 11.8 Å². The van der Waals surface area contributed by atoms with Crippen LogP contribution in [-0.4, -0.2) is 18.6 Å². The first-order chi connectivity index (χ1) is 6.24. The van der Waals surface area contributed by atoms with Gasteiger partial charge < -0.3 is 5.32 Å². The molecule has 1 aromatic heterocycles. The second-order valence-corrected chi connectivity index (χ2v) is 2.76. The molecule has 0 bridgehead atoms. The van der Waals surface area contributed by atoms with E-state index in [2.05, 4.69) is 22.1 Å². The number of rotatable bonds is 1. The van der Waals surface area contributed by atoms with E-state index in [-0.39, 0.29) is 5.56 Å². The Balaban J connectivity index is 2.89. The fourth-order valence-electron chi connectivity index (χ4n) is 0.738. The lowest BCUT2D eigenvalue weighted by atomic mass is 10.3. The molecular weight excluding hydrogens is 191 g/mol. The number of pyridine rings is 1. The minimum absolute atomic E-state index is 0.225. The second-order valence-electron chi connectivity index (χ2n) is 2.32. The first kappa shape index (κ1) is 9.97. The zero-order valence-electron chi connectivity index (χ0n) is 7.06. The molecule has 1 N–H and O–H groups in total. The molecule has 1 aromatic rings. The molecule has 0 amide bonds. The fraction of sp³-hybridized carbons (Fsp3) is 0.222. The molecule has 0 fully saturated rings. The highest BCUT2D eigenvalue weighted by atomic mass is 35.5. The monoisotopic (exact) mass is 198 g/mol. The maximum absolute atomic E-state index is 12.9. The Bertz CT molecular complexity index is 354. The van der Waals surface area contributed by atoms with Crippen molar-refractivity contribution in [1.29, 1.82) is 0 Å². The molecule has 1 rings (SSSR count). The van der Waals surface area contributed by atoms with Gasteiger partial charge in [0.2, 0.25) is 5.95 Å². The normalized spacial score (nSPS) is 9.15. The van der Waals surface area contributed by atoms with E-state index < -0.39 is 5.95 Å². The first-order valence-electron chi connectivity index (χ1n) is 3.68. The third kappa shape index (κ3) is 3.02. The highest BCUT2D eigenvalue weighted by Crippen LogP contribution is 2.10. The molecule has 4 heteroatoms. The highest BCUT2D eigenvalue weighted by molar-refractivity contribution is 6.30. The number of nitrogens with one attached hydrogen (secondary N) is 1. The molecule has 68 valence electrons. The van der Waals surface area contributed by atoms with E-state index in [0.717, 1.165) is 0 Å². The summed E-state index contributed by atoms with van der Waals surface area (Å²) in [7, 11) is 1.77. The quantitative estimate of drug-likeness (QED) is 0.546. The molecule has 0 aromatic carbocycles. The summed E-state index contributed by atoms with van der Waals surface area (Å²) >= 11 is 5.62. The Labute approximate surface area is 81.1 Å². The number of aromatic nitrogens is 1. The van der Waals surface area contributed by atoms with E-state index in [4.69, 9.17) is 11.6 Å². The Hall–Kier alpha value is -1.11. The molecule has 0 spiro atoms. The van der Waals surface area contributed by atoms with Crippen molar-refractivity contribution >= 4 is 11.6 Å². The number of nitrogens with zero attached hydrogens (tertiary/aromatic N) is 1. The van der Waals surface area contributed by atoms with Crippen molar-refractivity contribution in [2.24, 2.45) is 0 Å². The number of hydrogen-bond acceptors (Lipinski definition) is 2. The Morgan fingerprint density at radius 1 is 1.69 bits per heavy atom. The van der Waals surface area contributed by atoms with Crippen molar-refractivity contribution in [3.63, 3.8) is 0 Å². The summed E-state index contributed by atoms with van der Waals surface area (Å²) in [5.41, 5.74) is 0.225. The average Bonchev–Trinajstić information content (AvgIpc) is 2.11. The molecule has 2 nitrogen and oxygen atoms in total. The van der Waals surface area contributed by atoms with Gasteiger partial charge in [0, 0.05) is 6.20 Å². The molecule has 0 unspecified atom stereocenters. The average molecular weight is 199 g/mol. The lowest BCUT2D eigenvalue weighted by molar-refractivity contribution is 0.580. The number of halogens is 2. The van der Waals surface area contributed by atoms with Gasteiger partial charge in [-0.3, -0.25) is 0 Å². The molecular formula is C9H8ClFN2. The Kier molecular flexibility index (Phi) is 3.69. The van der Waals surface area contributed by atoms with E-state index in [1.54, 1.807) is 7.05 Å². The van der Waals surface area contributed by atoms with Crippen molar-refractivity contribution in [2.45, 2.75) is 0 Å². The minimum Gasteiger partial charge on any atom is -0.309 e. The summed E-state index contributed by atoms with van der Waals surface area (Å²) in [4.78, 5) is 3.44. The third-order valence-electron chi connectivity index (χ3n) is 1.29. The van der Waals surface area contributed by atoms with E-state index in [1.807, 2.05) is 0 Å². The number of hydrogen-bond donors (Lipinski definition) is 1. The molecule has 0 aliphatic rings. The lowest BCUT2D eigenvalue weighted by Gasteiger charge is -1.93. The SMILES string of the molecule is CNCC#Cc1cc(Cl)cnc1F. The van der Waals surface area contributed by atoms with Crippen LogP contribution in [0.25, 0.3) is 0 Å². The predicted molar refractivity (Wildman–Crippen MR) is 50.0 cm³/mol. The fourth-order valence-corrected chi connectivity index (χ4v) is 0.896. The zero-order valence-corrected chi connectivity index (χ0v) is 7.82. The van der Waals surface area contributed by atoms with E-state index in [9.17, 15) is 4.39 Å². The van der Waals surface area contributed by atoms with Crippen molar-refractivity contribution in [3.05, 3.63) is 28.8 Å². The summed E-state index contributed by atoms with van der Waals surface area (Å²) in [6.07, 6.45) is 1.25. The summed E-state index contributed by atoms with van der Waals surface area (Å²) < 4.78 is 12.9. The molecule has 13 heavy (non-hydrogen) atoms. The van der Waals surface area contributed by atoms with Gasteiger partial charge in [-0.25, -0.2) is 4.98 Å². The summed E-state index contributed by atoms with van der Waals surface area (Å²) in [6, 6.07) is 1.45. The van der Waals surface area contributed by atoms with Gasteiger partial charge in [0.25, 0.3) is 0 Å². The van der Waals surface area contributed by atoms with Gasteiger partial charge in [0.15, 0.2) is 0 Å². The predicted octanol–water partition coefficient (Wildman–Crippen LogP) is 1.45. The molecule has 0 aliphatic carbocycles. The minimum atomic E-state index is -0.590. The van der Waals surface area contributed by atoms with Gasteiger partial charge in [-0.2, -0.15) is 4.39 Å². The van der Waals surface area contributed by atoms with E-state index in [0.29, 0.717) is 11.6 Å². The van der Waals surface area contributed by atoms with E-state index in [1.165, 1.54) is 12.3 Å². The van der Waals surface area contributed by atoms with Crippen LogP contribution in [0.3, 0.4) is 0 Å². The standard InChI is InChI=1S/C9H8ClFN2/c1-12-4-2-3-7-5-8(10)6-13-9(7)11/h5-6,12H,4H2,1H3. The van der Waals surface area contributed by atoms with Crippen LogP contribution < -0.4 is 5.32 Å². The van der Waals surface area contributed by atoms with Crippen LogP contribution >= 0.6 is 11.6 Å². The zero-order chi connectivity index (χ0) is 9.68. The van der Waals surface area contributed by atoms with Gasteiger partial charge >= 0.3 is 0 Å². The van der Waals surface area contributed by atoms with Crippen LogP contribution in [0.2, 0.25) is 5.02 Å². The van der Waals surface area contributed by atoms with Crippen LogP contribution in [0.1, 0.15) is 5.56 Å². The topological polar surface area (TPSA) is 24.9 Å². The van der Waals surface area contributed by atoms with Gasteiger partial charge in [0.05, 0.1) is 17.1 Å². The van der Waals surface area contributed by atoms with Gasteiger partial charge in [-0.05, 0) is 13.1 Å². The third-order valence-corrected chi connectivity index (χ3v) is 1.50. The molecule has 0 radical (unpaired) electrons. The van der Waals surface area contributed by atoms with Crippen molar-refractivity contribution < 1.29 is 4.39 Å². The smallest absolute Gasteiger partial charge is 0.228 e. The Morgan fingerprint density at radius 3 is 3.15 bits per heavy atom. The van der Waals surface area contributed by atoms with Crippen LogP contribution in [-0.2, 0) is 0 Å². The molecule has 0 saturated carbocycles. The van der Waals surface area contributed by atoms with Crippen LogP contribution in [0.5, 0.6) is 0 Å². The summed E-state index contributed by atoms with van der Waals surface area (Å²) in [5, 5.41) is 3.21. The molecule has 0 atom stereocenters. The van der Waals surface area contributed by atoms with Gasteiger partial charge in [0.1, 0.15) is 0 Å². The Morgan fingerprint density at radius 2 is 2.46 bits per heavy atom. The van der Waals surface area contributed by atoms with Crippen molar-refractivity contribution in [2.75, 3.05) is 13.6 Å². The highest BCUT2D eigenvalue weighted by Gasteiger charge is 1.99. The van der Waals surface area contributed by atoms with Crippen LogP contribution in [0.4, 0.5) is 4.39 Å². The molecule has 0 aliphatic heterocycles. The first-order valence-corrected chi connectivity index (χ1v) is 4.06. The van der Waals surface area contributed by atoms with E-state index >= 15 is 0 Å². The molecule has 1 heterocycles. The van der Waals surface area contributed by atoms with Crippen molar-refractivity contribution in [1.82, 2.24) is 10.3 Å². The largest absolute Gasteiger partial charge is 0.309 e. The van der Waals surface area contributed by atoms with Gasteiger partial charge in [-0.15, -0.1) is 0 Å². The summed E-state index contributed by atoms with van der Waals surface area (Å²) in [6.45, 7) is 0.506. The van der Waals surface area contributed by atoms with Gasteiger partial charge in [-0.1, -0.05) is 23.4 Å². The maximum Gasteiger partial charge on any atom is 0.228 e. The van der Waals surface area contributed by atoms with Crippen LogP contribution in [0, 0.1) is 17.8 Å². The molecule has 0 saturated heterocycles. The maximum atomic E-state index is 12.9. The second kappa shape index (κ2) is 4.80.